The molecule has 2 aromatic carbocycles. The molecule has 0 unspecified atom stereocenters. The molecule has 0 radical (unpaired) electrons. The molecule has 0 atom stereocenters. The first kappa shape index (κ1) is 19.9. The van der Waals surface area contributed by atoms with Crippen molar-refractivity contribution in [2.75, 3.05) is 12.4 Å². The van der Waals surface area contributed by atoms with Crippen molar-refractivity contribution in [2.45, 2.75) is 12.4 Å². The molecule has 2 aromatic rings. The van der Waals surface area contributed by atoms with Crippen molar-refractivity contribution in [3.8, 4) is 5.75 Å². The third-order valence-electron chi connectivity index (χ3n) is 3.26. The lowest BCUT2D eigenvalue weighted by Crippen LogP contribution is -2.17. The number of alkyl halides is 6. The minimum absolute atomic E-state index is 0.00373. The molecule has 0 spiro atoms. The normalized spacial score (nSPS) is 12.0. The molecule has 0 heterocycles. The molecule has 10 heteroatoms. The van der Waals surface area contributed by atoms with Crippen LogP contribution in [-0.4, -0.2) is 13.0 Å². The van der Waals surface area contributed by atoms with Crippen LogP contribution in [0.4, 0.5) is 32.0 Å². The monoisotopic (exact) mass is 397 g/mol. The molecule has 0 aromatic heterocycles. The van der Waals surface area contributed by atoms with Crippen molar-refractivity contribution in [2.24, 2.45) is 0 Å². The number of carbonyl (C=O) groups is 1. The van der Waals surface area contributed by atoms with E-state index in [4.69, 9.17) is 16.3 Å². The number of hydrogen-bond donors (Lipinski definition) is 1. The van der Waals surface area contributed by atoms with Gasteiger partial charge in [0.15, 0.2) is 0 Å². The Bertz CT molecular complexity index is 800. The summed E-state index contributed by atoms with van der Waals surface area (Å²) in [6.45, 7) is 0. The fourth-order valence-corrected chi connectivity index (χ4v) is 2.23. The van der Waals surface area contributed by atoms with Gasteiger partial charge < -0.3 is 10.1 Å². The van der Waals surface area contributed by atoms with Crippen LogP contribution in [-0.2, 0) is 12.4 Å². The zero-order valence-corrected chi connectivity index (χ0v) is 13.7. The zero-order valence-electron chi connectivity index (χ0n) is 12.9. The Morgan fingerprint density at radius 2 is 1.50 bits per heavy atom. The maximum Gasteiger partial charge on any atom is 0.416 e. The zero-order chi connectivity index (χ0) is 19.7. The SMILES string of the molecule is COc1ccc(Cl)cc1NC(=O)c1cc(C(F)(F)F)cc(C(F)(F)F)c1. The number of methoxy groups -OCH3 is 1. The van der Waals surface area contributed by atoms with Crippen molar-refractivity contribution in [1.29, 1.82) is 0 Å². The Kier molecular flexibility index (Phi) is 5.41. The van der Waals surface area contributed by atoms with Crippen molar-refractivity contribution in [1.82, 2.24) is 0 Å². The van der Waals surface area contributed by atoms with Gasteiger partial charge in [-0.3, -0.25) is 4.79 Å². The minimum atomic E-state index is -5.05. The second-order valence-corrected chi connectivity index (χ2v) is 5.53. The molecule has 0 saturated carbocycles. The number of hydrogen-bond acceptors (Lipinski definition) is 2. The summed E-state index contributed by atoms with van der Waals surface area (Å²) in [6.07, 6.45) is -10.1. The summed E-state index contributed by atoms with van der Waals surface area (Å²) in [6, 6.07) is 4.67. The highest BCUT2D eigenvalue weighted by Crippen LogP contribution is 2.36. The number of halogens is 7. The van der Waals surface area contributed by atoms with Crippen LogP contribution in [0.2, 0.25) is 5.02 Å². The van der Waals surface area contributed by atoms with Gasteiger partial charge in [0.2, 0.25) is 0 Å². The molecule has 0 aliphatic rings. The lowest BCUT2D eigenvalue weighted by Gasteiger charge is -2.15. The van der Waals surface area contributed by atoms with Crippen molar-refractivity contribution in [3.05, 3.63) is 58.1 Å². The van der Waals surface area contributed by atoms with Crippen LogP contribution >= 0.6 is 11.6 Å². The first-order valence-electron chi connectivity index (χ1n) is 6.86. The Balaban J connectivity index is 2.47. The molecule has 0 aliphatic heterocycles. The summed E-state index contributed by atoms with van der Waals surface area (Å²) in [5.41, 5.74) is -3.99. The molecule has 1 N–H and O–H groups in total. The second kappa shape index (κ2) is 7.06. The number of amides is 1. The summed E-state index contributed by atoms with van der Waals surface area (Å²) >= 11 is 5.77. The van der Waals surface area contributed by atoms with Crippen molar-refractivity contribution in [3.63, 3.8) is 0 Å². The van der Waals surface area contributed by atoms with Gasteiger partial charge in [0, 0.05) is 10.6 Å². The second-order valence-electron chi connectivity index (χ2n) is 5.09. The molecule has 140 valence electrons. The fraction of sp³-hybridized carbons (Fsp3) is 0.188. The van der Waals surface area contributed by atoms with Crippen LogP contribution in [0.25, 0.3) is 0 Å². The van der Waals surface area contributed by atoms with Gasteiger partial charge in [-0.1, -0.05) is 11.6 Å². The van der Waals surface area contributed by atoms with Gasteiger partial charge in [-0.15, -0.1) is 0 Å². The predicted molar refractivity (Wildman–Crippen MR) is 82.4 cm³/mol. The first-order valence-corrected chi connectivity index (χ1v) is 7.24. The highest BCUT2D eigenvalue weighted by molar-refractivity contribution is 6.31. The maximum atomic E-state index is 12.9. The Hall–Kier alpha value is -2.42. The van der Waals surface area contributed by atoms with E-state index in [1.54, 1.807) is 0 Å². The summed E-state index contributed by atoms with van der Waals surface area (Å²) in [5, 5.41) is 2.37. The third kappa shape index (κ3) is 4.60. The molecule has 26 heavy (non-hydrogen) atoms. The Morgan fingerprint density at radius 3 is 1.96 bits per heavy atom. The predicted octanol–water partition coefficient (Wildman–Crippen LogP) is 5.64. The van der Waals surface area contributed by atoms with Gasteiger partial charge in [-0.05, 0) is 36.4 Å². The van der Waals surface area contributed by atoms with Gasteiger partial charge in [-0.2, -0.15) is 26.3 Å². The van der Waals surface area contributed by atoms with Crippen molar-refractivity contribution < 1.29 is 35.9 Å². The first-order chi connectivity index (χ1) is 11.9. The van der Waals surface area contributed by atoms with Crippen LogP contribution in [0.15, 0.2) is 36.4 Å². The van der Waals surface area contributed by atoms with Gasteiger partial charge in [0.1, 0.15) is 5.75 Å². The minimum Gasteiger partial charge on any atom is -0.495 e. The number of carbonyl (C=O) groups excluding carboxylic acids is 1. The topological polar surface area (TPSA) is 38.3 Å². The van der Waals surface area contributed by atoms with E-state index in [1.165, 1.54) is 25.3 Å². The van der Waals surface area contributed by atoms with E-state index in [0.717, 1.165) is 0 Å². The third-order valence-corrected chi connectivity index (χ3v) is 3.49. The molecule has 1 amide bonds. The molecule has 0 fully saturated rings. The molecule has 2 rings (SSSR count). The average Bonchev–Trinajstić information content (AvgIpc) is 2.53. The maximum absolute atomic E-state index is 12.9. The van der Waals surface area contributed by atoms with E-state index < -0.39 is 35.0 Å². The highest BCUT2D eigenvalue weighted by Gasteiger charge is 2.37. The van der Waals surface area contributed by atoms with Crippen molar-refractivity contribution >= 4 is 23.2 Å². The van der Waals surface area contributed by atoms with Crippen LogP contribution < -0.4 is 10.1 Å². The van der Waals surface area contributed by atoms with E-state index >= 15 is 0 Å². The number of ether oxygens (including phenoxy) is 1. The summed E-state index contributed by atoms with van der Waals surface area (Å²) in [7, 11) is 1.27. The largest absolute Gasteiger partial charge is 0.495 e. The Morgan fingerprint density at radius 1 is 0.962 bits per heavy atom. The van der Waals surface area contributed by atoms with E-state index in [1.807, 2.05) is 0 Å². The van der Waals surface area contributed by atoms with E-state index in [2.05, 4.69) is 5.32 Å². The van der Waals surface area contributed by atoms with Gasteiger partial charge in [0.25, 0.3) is 5.91 Å². The van der Waals surface area contributed by atoms with Gasteiger partial charge in [0.05, 0.1) is 23.9 Å². The smallest absolute Gasteiger partial charge is 0.416 e. The summed E-state index contributed by atoms with van der Waals surface area (Å²) < 4.78 is 82.1. The molecule has 3 nitrogen and oxygen atoms in total. The van der Waals surface area contributed by atoms with Gasteiger partial charge >= 0.3 is 12.4 Å². The summed E-state index contributed by atoms with van der Waals surface area (Å²) in [5.74, 6) is -1.05. The highest BCUT2D eigenvalue weighted by atomic mass is 35.5. The standard InChI is InChI=1S/C16H10ClF6NO2/c1-26-13-3-2-11(17)7-12(13)24-14(25)8-4-9(15(18,19)20)6-10(5-8)16(21,22)23/h2-7H,1H3,(H,24,25). The van der Waals surface area contributed by atoms with Crippen LogP contribution in [0, 0.1) is 0 Å². The number of anilines is 1. The van der Waals surface area contributed by atoms with Gasteiger partial charge in [-0.25, -0.2) is 0 Å². The molecular formula is C16H10ClF6NO2. The quantitative estimate of drug-likeness (QED) is 0.681. The van der Waals surface area contributed by atoms with E-state index in [-0.39, 0.29) is 22.5 Å². The molecular weight excluding hydrogens is 388 g/mol. The van der Waals surface area contributed by atoms with Crippen LogP contribution in [0.1, 0.15) is 21.5 Å². The average molecular weight is 398 g/mol. The number of benzene rings is 2. The molecule has 0 bridgehead atoms. The van der Waals surface area contributed by atoms with E-state index in [9.17, 15) is 31.1 Å². The number of rotatable bonds is 3. The lowest BCUT2D eigenvalue weighted by molar-refractivity contribution is -0.143. The molecule has 0 aliphatic carbocycles. The van der Waals surface area contributed by atoms with Crippen LogP contribution in [0.5, 0.6) is 5.75 Å². The lowest BCUT2D eigenvalue weighted by atomic mass is 10.0. The fourth-order valence-electron chi connectivity index (χ4n) is 2.06. The summed E-state index contributed by atoms with van der Waals surface area (Å²) in [4.78, 5) is 12.2. The Labute approximate surface area is 148 Å². The molecule has 0 saturated heterocycles. The van der Waals surface area contributed by atoms with Crippen LogP contribution in [0.3, 0.4) is 0 Å². The number of nitrogens with one attached hydrogen (secondary N) is 1. The van der Waals surface area contributed by atoms with E-state index in [0.29, 0.717) is 12.1 Å².